The van der Waals surface area contributed by atoms with Crippen LogP contribution in [0.4, 0.5) is 13.2 Å². The van der Waals surface area contributed by atoms with Gasteiger partial charge in [-0.25, -0.2) is 13.1 Å². The third-order valence-corrected chi connectivity index (χ3v) is 5.45. The van der Waals surface area contributed by atoms with Crippen molar-refractivity contribution < 1.29 is 21.6 Å². The lowest BCUT2D eigenvalue weighted by Crippen LogP contribution is -2.07. The quantitative estimate of drug-likeness (QED) is 0.600. The Bertz CT molecular complexity index is 827. The minimum atomic E-state index is -4.59. The second-order valence-electron chi connectivity index (χ2n) is 4.29. The molecular formula is C11H6Cl2F3IN2O2S. The van der Waals surface area contributed by atoms with Crippen LogP contribution in [0.1, 0.15) is 5.56 Å². The van der Waals surface area contributed by atoms with E-state index in [9.17, 15) is 21.6 Å². The van der Waals surface area contributed by atoms with E-state index in [4.69, 9.17) is 23.2 Å². The third-order valence-electron chi connectivity index (χ3n) is 2.61. The number of alkyl halides is 3. The fourth-order valence-electron chi connectivity index (χ4n) is 1.65. The second-order valence-corrected chi connectivity index (χ2v) is 8.11. The Balaban J connectivity index is 2.65. The van der Waals surface area contributed by atoms with E-state index in [0.29, 0.717) is 12.1 Å². The number of sulfone groups is 1. The molecular weight excluding hydrogens is 479 g/mol. The van der Waals surface area contributed by atoms with Gasteiger partial charge in [0.2, 0.25) is 0 Å². The van der Waals surface area contributed by atoms with Crippen LogP contribution >= 0.6 is 45.8 Å². The summed E-state index contributed by atoms with van der Waals surface area (Å²) in [5.41, 5.74) is -1.03. The number of halogens is 6. The number of hydrogen-bond acceptors (Lipinski definition) is 3. The van der Waals surface area contributed by atoms with Gasteiger partial charge >= 0.3 is 6.18 Å². The molecule has 0 radical (unpaired) electrons. The van der Waals surface area contributed by atoms with E-state index in [0.717, 1.165) is 17.1 Å². The smallest absolute Gasteiger partial charge is 0.236 e. The molecule has 22 heavy (non-hydrogen) atoms. The Labute approximate surface area is 147 Å². The Hall–Kier alpha value is -0.520. The number of hydrogen-bond donors (Lipinski definition) is 0. The topological polar surface area (TPSA) is 52.0 Å². The largest absolute Gasteiger partial charge is 0.416 e. The van der Waals surface area contributed by atoms with Crippen molar-refractivity contribution in [1.29, 1.82) is 0 Å². The molecule has 4 nitrogen and oxygen atoms in total. The molecule has 2 aromatic rings. The maximum atomic E-state index is 12.7. The molecule has 2 rings (SSSR count). The predicted octanol–water partition coefficient (Wildman–Crippen LogP) is 4.21. The van der Waals surface area contributed by atoms with Gasteiger partial charge in [0.15, 0.2) is 9.84 Å². The zero-order valence-electron chi connectivity index (χ0n) is 10.6. The first-order valence-electron chi connectivity index (χ1n) is 5.43. The molecule has 120 valence electrons. The normalized spacial score (nSPS) is 12.7. The van der Waals surface area contributed by atoms with E-state index < -0.39 is 21.6 Å². The van der Waals surface area contributed by atoms with Crippen molar-refractivity contribution in [2.24, 2.45) is 0 Å². The average molecular weight is 485 g/mol. The van der Waals surface area contributed by atoms with E-state index >= 15 is 0 Å². The Kier molecular flexibility index (Phi) is 4.73. The van der Waals surface area contributed by atoms with Crippen LogP contribution in [0.25, 0.3) is 5.69 Å². The lowest BCUT2D eigenvalue weighted by atomic mass is 10.2. The van der Waals surface area contributed by atoms with Gasteiger partial charge < -0.3 is 0 Å². The molecule has 1 aromatic carbocycles. The summed E-state index contributed by atoms with van der Waals surface area (Å²) in [4.78, 5) is -0.0693. The maximum Gasteiger partial charge on any atom is 0.416 e. The standard InChI is InChI=1S/C11H6Cl2F3IN2O2S/c1-22(20,21)8-4-19(18-10(8)17)9-6(12)2-5(3-7(9)13)11(14,15)16/h2-4H,1H3. The number of rotatable bonds is 2. The molecule has 0 aliphatic heterocycles. The molecule has 0 saturated carbocycles. The lowest BCUT2D eigenvalue weighted by molar-refractivity contribution is -0.137. The number of benzene rings is 1. The first-order valence-corrected chi connectivity index (χ1v) is 9.15. The highest BCUT2D eigenvalue weighted by atomic mass is 127. The third kappa shape index (κ3) is 3.52. The molecule has 11 heteroatoms. The van der Waals surface area contributed by atoms with Crippen LogP contribution in [0.2, 0.25) is 10.0 Å². The van der Waals surface area contributed by atoms with Crippen molar-refractivity contribution in [3.63, 3.8) is 0 Å². The molecule has 0 saturated heterocycles. The molecule has 0 atom stereocenters. The maximum absolute atomic E-state index is 12.7. The highest BCUT2D eigenvalue weighted by Gasteiger charge is 2.32. The minimum Gasteiger partial charge on any atom is -0.236 e. The van der Waals surface area contributed by atoms with Crippen LogP contribution < -0.4 is 0 Å². The Morgan fingerprint density at radius 3 is 2.09 bits per heavy atom. The van der Waals surface area contributed by atoms with Crippen molar-refractivity contribution in [2.75, 3.05) is 6.26 Å². The monoisotopic (exact) mass is 484 g/mol. The summed E-state index contributed by atoms with van der Waals surface area (Å²) in [5, 5.41) is 3.35. The molecule has 0 aliphatic carbocycles. The minimum absolute atomic E-state index is 0.0239. The van der Waals surface area contributed by atoms with Gasteiger partial charge in [0, 0.05) is 6.26 Å². The van der Waals surface area contributed by atoms with Gasteiger partial charge in [-0.1, -0.05) is 23.2 Å². The average Bonchev–Trinajstić information content (AvgIpc) is 2.68. The van der Waals surface area contributed by atoms with Gasteiger partial charge in [-0.15, -0.1) is 0 Å². The molecule has 0 spiro atoms. The molecule has 1 aromatic heterocycles. The van der Waals surface area contributed by atoms with Gasteiger partial charge in [0.05, 0.1) is 21.8 Å². The summed E-state index contributed by atoms with van der Waals surface area (Å²) in [6.07, 6.45) is -2.45. The molecule has 0 aliphatic rings. The number of aromatic nitrogens is 2. The SMILES string of the molecule is CS(=O)(=O)c1cn(-c2c(Cl)cc(C(F)(F)F)cc2Cl)nc1I. The fourth-order valence-corrected chi connectivity index (χ4v) is 4.52. The van der Waals surface area contributed by atoms with E-state index in [-0.39, 0.29) is 24.3 Å². The van der Waals surface area contributed by atoms with Gasteiger partial charge in [-0.05, 0) is 34.7 Å². The summed E-state index contributed by atoms with van der Waals surface area (Å²) < 4.78 is 62.4. The van der Waals surface area contributed by atoms with E-state index in [1.165, 1.54) is 0 Å². The highest BCUT2D eigenvalue weighted by molar-refractivity contribution is 14.1. The first kappa shape index (κ1) is 17.8. The summed E-state index contributed by atoms with van der Waals surface area (Å²) in [6.45, 7) is 0. The number of nitrogens with zero attached hydrogens (tertiary/aromatic N) is 2. The first-order chi connectivity index (χ1) is 9.91. The van der Waals surface area contributed by atoms with Crippen LogP contribution in [0.5, 0.6) is 0 Å². The molecule has 0 bridgehead atoms. The van der Waals surface area contributed by atoms with Gasteiger partial charge in [-0.3, -0.25) is 0 Å². The van der Waals surface area contributed by atoms with Crippen molar-refractivity contribution in [2.45, 2.75) is 11.1 Å². The Morgan fingerprint density at radius 2 is 1.73 bits per heavy atom. The van der Waals surface area contributed by atoms with Crippen LogP contribution in [-0.2, 0) is 16.0 Å². The Morgan fingerprint density at radius 1 is 1.23 bits per heavy atom. The van der Waals surface area contributed by atoms with Crippen LogP contribution in [0, 0.1) is 3.70 Å². The van der Waals surface area contributed by atoms with Crippen LogP contribution in [0.3, 0.4) is 0 Å². The molecule has 1 heterocycles. The summed E-state index contributed by atoms with van der Waals surface area (Å²) in [7, 11) is -3.53. The molecule has 0 N–H and O–H groups in total. The lowest BCUT2D eigenvalue weighted by Gasteiger charge is -2.12. The van der Waals surface area contributed by atoms with E-state index in [1.54, 1.807) is 22.6 Å². The van der Waals surface area contributed by atoms with E-state index in [1.807, 2.05) is 0 Å². The van der Waals surface area contributed by atoms with Gasteiger partial charge in [0.25, 0.3) is 0 Å². The molecule has 0 amide bonds. The van der Waals surface area contributed by atoms with Crippen molar-refractivity contribution >= 4 is 55.6 Å². The zero-order chi connectivity index (χ0) is 16.9. The molecule has 0 unspecified atom stereocenters. The van der Waals surface area contributed by atoms with Gasteiger partial charge in [-0.2, -0.15) is 18.3 Å². The van der Waals surface area contributed by atoms with Crippen molar-refractivity contribution in [1.82, 2.24) is 9.78 Å². The van der Waals surface area contributed by atoms with Crippen molar-refractivity contribution in [3.8, 4) is 5.69 Å². The van der Waals surface area contributed by atoms with Gasteiger partial charge in [0.1, 0.15) is 14.3 Å². The van der Waals surface area contributed by atoms with Crippen molar-refractivity contribution in [3.05, 3.63) is 37.6 Å². The van der Waals surface area contributed by atoms with Crippen LogP contribution in [-0.4, -0.2) is 24.5 Å². The molecule has 0 fully saturated rings. The predicted molar refractivity (Wildman–Crippen MR) is 84.4 cm³/mol. The summed E-state index contributed by atoms with van der Waals surface area (Å²) in [6, 6.07) is 1.41. The fraction of sp³-hybridized carbons (Fsp3) is 0.182. The van der Waals surface area contributed by atoms with Crippen LogP contribution in [0.15, 0.2) is 23.2 Å². The summed E-state index contributed by atoms with van der Waals surface area (Å²) >= 11 is 13.4. The zero-order valence-corrected chi connectivity index (χ0v) is 15.1. The second kappa shape index (κ2) is 5.84. The highest BCUT2D eigenvalue weighted by Crippen LogP contribution is 2.37. The van der Waals surface area contributed by atoms with E-state index in [2.05, 4.69) is 5.10 Å². The summed E-state index contributed by atoms with van der Waals surface area (Å²) in [5.74, 6) is 0.